The number of nitrogens with zero attached hydrogens (tertiary/aromatic N) is 1. The molecule has 13 heavy (non-hydrogen) atoms. The molecule has 1 rings (SSSR count). The third kappa shape index (κ3) is 2.55. The molecule has 2 amide bonds. The number of piperidine rings is 1. The summed E-state index contributed by atoms with van der Waals surface area (Å²) in [5, 5.41) is 2.63. The number of hydrogen-bond donors (Lipinski definition) is 2. The number of nitrogens with one attached hydrogen (secondary N) is 1. The van der Waals surface area contributed by atoms with Crippen molar-refractivity contribution in [2.45, 2.75) is 25.6 Å². The van der Waals surface area contributed by atoms with Crippen LogP contribution in [0.15, 0.2) is 0 Å². The molecule has 1 heterocycles. The smallest absolute Gasteiger partial charge is 0.317 e. The summed E-state index contributed by atoms with van der Waals surface area (Å²) in [6.07, 6.45) is -0.547. The van der Waals surface area contributed by atoms with Gasteiger partial charge in [-0.1, -0.05) is 0 Å². The van der Waals surface area contributed by atoms with Crippen molar-refractivity contribution in [3.63, 3.8) is 0 Å². The Kier molecular flexibility index (Phi) is 3.48. The molecule has 0 bridgehead atoms. The molecular formula is C8H16FN3O. The van der Waals surface area contributed by atoms with E-state index in [1.54, 1.807) is 0 Å². The van der Waals surface area contributed by atoms with Crippen molar-refractivity contribution in [3.8, 4) is 0 Å². The third-order valence-corrected chi connectivity index (χ3v) is 2.21. The van der Waals surface area contributed by atoms with Crippen molar-refractivity contribution < 1.29 is 9.18 Å². The van der Waals surface area contributed by atoms with Crippen LogP contribution in [0.25, 0.3) is 0 Å². The van der Waals surface area contributed by atoms with E-state index in [9.17, 15) is 9.18 Å². The predicted octanol–water partition coefficient (Wildman–Crippen LogP) is 0.0870. The van der Waals surface area contributed by atoms with Crippen molar-refractivity contribution in [2.24, 2.45) is 5.73 Å². The van der Waals surface area contributed by atoms with Gasteiger partial charge in [0, 0.05) is 19.1 Å². The normalized spacial score (nSPS) is 28.7. The minimum Gasteiger partial charge on any atom is -0.338 e. The topological polar surface area (TPSA) is 58.4 Å². The van der Waals surface area contributed by atoms with E-state index in [0.717, 1.165) is 0 Å². The third-order valence-electron chi connectivity index (χ3n) is 2.21. The van der Waals surface area contributed by atoms with Gasteiger partial charge in [-0.3, -0.25) is 0 Å². The van der Waals surface area contributed by atoms with Crippen molar-refractivity contribution in [3.05, 3.63) is 0 Å². The van der Waals surface area contributed by atoms with Gasteiger partial charge < -0.3 is 16.0 Å². The van der Waals surface area contributed by atoms with Gasteiger partial charge in [0.1, 0.15) is 6.17 Å². The number of amides is 2. The number of nitrogens with two attached hydrogens (primary N) is 1. The van der Waals surface area contributed by atoms with Crippen molar-refractivity contribution in [1.29, 1.82) is 0 Å². The van der Waals surface area contributed by atoms with Gasteiger partial charge in [-0.25, -0.2) is 9.18 Å². The second-order valence-electron chi connectivity index (χ2n) is 3.25. The molecule has 0 spiro atoms. The van der Waals surface area contributed by atoms with E-state index in [0.29, 0.717) is 19.5 Å². The fraction of sp³-hybridized carbons (Fsp3) is 0.875. The zero-order chi connectivity index (χ0) is 9.84. The maximum absolute atomic E-state index is 13.1. The quantitative estimate of drug-likeness (QED) is 0.614. The van der Waals surface area contributed by atoms with Gasteiger partial charge in [0.2, 0.25) is 0 Å². The van der Waals surface area contributed by atoms with Crippen LogP contribution in [0.2, 0.25) is 0 Å². The first-order chi connectivity index (χ1) is 6.15. The minimum atomic E-state index is -1.09. The van der Waals surface area contributed by atoms with Crippen LogP contribution in [0.5, 0.6) is 0 Å². The van der Waals surface area contributed by atoms with Crippen LogP contribution < -0.4 is 11.1 Å². The predicted molar refractivity (Wildman–Crippen MR) is 48.1 cm³/mol. The Hall–Kier alpha value is -0.840. The molecule has 5 heteroatoms. The minimum absolute atomic E-state index is 0.118. The number of alkyl halides is 1. The maximum atomic E-state index is 13.1. The molecular weight excluding hydrogens is 173 g/mol. The number of urea groups is 1. The number of rotatable bonds is 1. The Labute approximate surface area is 77.3 Å². The van der Waals surface area contributed by atoms with Crippen LogP contribution in [0, 0.1) is 0 Å². The molecule has 0 radical (unpaired) electrons. The highest BCUT2D eigenvalue weighted by atomic mass is 19.1. The van der Waals surface area contributed by atoms with E-state index >= 15 is 0 Å². The summed E-state index contributed by atoms with van der Waals surface area (Å²) >= 11 is 0. The summed E-state index contributed by atoms with van der Waals surface area (Å²) in [6, 6.07) is -0.609. The van der Waals surface area contributed by atoms with Crippen LogP contribution in [0.1, 0.15) is 13.3 Å². The largest absolute Gasteiger partial charge is 0.338 e. The summed E-state index contributed by atoms with van der Waals surface area (Å²) in [7, 11) is 0. The van der Waals surface area contributed by atoms with Crippen LogP contribution in [0.4, 0.5) is 9.18 Å². The summed E-state index contributed by atoms with van der Waals surface area (Å²) < 4.78 is 13.1. The average Bonchev–Trinajstić information content (AvgIpc) is 2.10. The Morgan fingerprint density at radius 3 is 3.00 bits per heavy atom. The molecule has 0 aromatic rings. The Morgan fingerprint density at radius 1 is 1.77 bits per heavy atom. The Bertz CT molecular complexity index is 188. The van der Waals surface area contributed by atoms with Gasteiger partial charge in [-0.15, -0.1) is 0 Å². The van der Waals surface area contributed by atoms with E-state index in [1.807, 2.05) is 6.92 Å². The average molecular weight is 189 g/mol. The lowest BCUT2D eigenvalue weighted by molar-refractivity contribution is 0.130. The number of likely N-dealkylation sites (tertiary alicyclic amines) is 1. The van der Waals surface area contributed by atoms with Crippen LogP contribution in [0.3, 0.4) is 0 Å². The van der Waals surface area contributed by atoms with Crippen LogP contribution in [-0.2, 0) is 0 Å². The molecule has 4 nitrogen and oxygen atoms in total. The fourth-order valence-electron chi connectivity index (χ4n) is 1.37. The lowest BCUT2D eigenvalue weighted by atomic mass is 10.0. The molecule has 2 unspecified atom stereocenters. The summed E-state index contributed by atoms with van der Waals surface area (Å²) in [4.78, 5) is 12.7. The molecule has 0 aliphatic carbocycles. The number of carbonyl (C=O) groups is 1. The zero-order valence-electron chi connectivity index (χ0n) is 7.79. The Balaban J connectivity index is 2.40. The summed E-state index contributed by atoms with van der Waals surface area (Å²) in [5.74, 6) is 0. The van der Waals surface area contributed by atoms with E-state index in [2.05, 4.69) is 5.32 Å². The van der Waals surface area contributed by atoms with Gasteiger partial charge in [0.05, 0.1) is 6.54 Å². The van der Waals surface area contributed by atoms with E-state index in [1.165, 1.54) is 4.90 Å². The van der Waals surface area contributed by atoms with Crippen molar-refractivity contribution >= 4 is 6.03 Å². The van der Waals surface area contributed by atoms with Crippen LogP contribution in [-0.4, -0.2) is 42.8 Å². The molecule has 0 aromatic heterocycles. The maximum Gasteiger partial charge on any atom is 0.317 e. The molecule has 2 atom stereocenters. The highest BCUT2D eigenvalue weighted by molar-refractivity contribution is 5.74. The molecule has 0 saturated carbocycles. The first-order valence-corrected chi connectivity index (χ1v) is 4.57. The van der Waals surface area contributed by atoms with Crippen molar-refractivity contribution in [2.75, 3.05) is 19.6 Å². The summed E-state index contributed by atoms with van der Waals surface area (Å²) in [5.41, 5.74) is 5.48. The van der Waals surface area contributed by atoms with Crippen LogP contribution >= 0.6 is 0 Å². The van der Waals surface area contributed by atoms with Gasteiger partial charge in [-0.2, -0.15) is 0 Å². The number of hydrogen-bond acceptors (Lipinski definition) is 2. The van der Waals surface area contributed by atoms with E-state index in [4.69, 9.17) is 5.73 Å². The number of carbonyl (C=O) groups excluding carboxylic acids is 1. The number of halogens is 1. The van der Waals surface area contributed by atoms with Crippen molar-refractivity contribution in [1.82, 2.24) is 10.2 Å². The molecule has 1 saturated heterocycles. The highest BCUT2D eigenvalue weighted by Gasteiger charge is 2.28. The first-order valence-electron chi connectivity index (χ1n) is 4.57. The first kappa shape index (κ1) is 10.2. The SMILES string of the molecule is CCNC(=O)N1CCC(N)C(F)C1. The van der Waals surface area contributed by atoms with Gasteiger partial charge in [-0.05, 0) is 13.3 Å². The molecule has 1 aliphatic rings. The summed E-state index contributed by atoms with van der Waals surface area (Å²) in [6.45, 7) is 3.07. The lowest BCUT2D eigenvalue weighted by Gasteiger charge is -2.32. The van der Waals surface area contributed by atoms with Gasteiger partial charge >= 0.3 is 6.03 Å². The molecule has 3 N–H and O–H groups in total. The second-order valence-corrected chi connectivity index (χ2v) is 3.25. The van der Waals surface area contributed by atoms with Gasteiger partial charge in [0.15, 0.2) is 0 Å². The van der Waals surface area contributed by atoms with E-state index in [-0.39, 0.29) is 12.6 Å². The second kappa shape index (κ2) is 4.41. The fourth-order valence-corrected chi connectivity index (χ4v) is 1.37. The molecule has 76 valence electrons. The molecule has 1 fully saturated rings. The zero-order valence-corrected chi connectivity index (χ0v) is 7.79. The molecule has 1 aliphatic heterocycles. The molecule has 0 aromatic carbocycles. The lowest BCUT2D eigenvalue weighted by Crippen LogP contribution is -2.53. The highest BCUT2D eigenvalue weighted by Crippen LogP contribution is 2.11. The Morgan fingerprint density at radius 2 is 2.46 bits per heavy atom. The monoisotopic (exact) mass is 189 g/mol. The van der Waals surface area contributed by atoms with E-state index < -0.39 is 12.2 Å². The standard InChI is InChI=1S/C8H16FN3O/c1-2-11-8(13)12-4-3-7(10)6(9)5-12/h6-7H,2-5,10H2,1H3,(H,11,13). The van der Waals surface area contributed by atoms with Gasteiger partial charge in [0.25, 0.3) is 0 Å².